The zero-order valence-corrected chi connectivity index (χ0v) is 23.8. The van der Waals surface area contributed by atoms with E-state index >= 15 is 0 Å². The van der Waals surface area contributed by atoms with E-state index in [0.717, 1.165) is 22.3 Å². The van der Waals surface area contributed by atoms with E-state index in [0.29, 0.717) is 29.2 Å². The van der Waals surface area contributed by atoms with Crippen LogP contribution in [0.2, 0.25) is 0 Å². The third kappa shape index (κ3) is 6.21. The summed E-state index contributed by atoms with van der Waals surface area (Å²) in [6.45, 7) is 4.33. The second-order valence-electron chi connectivity index (χ2n) is 9.69. The fourth-order valence-electron chi connectivity index (χ4n) is 4.53. The van der Waals surface area contributed by atoms with Crippen molar-refractivity contribution >= 4 is 45.0 Å². The highest BCUT2D eigenvalue weighted by molar-refractivity contribution is 8.00. The molecule has 2 N–H and O–H groups in total. The lowest BCUT2D eigenvalue weighted by molar-refractivity contribution is -0.128. The predicted octanol–water partition coefficient (Wildman–Crippen LogP) is 6.13. The number of carbonyl (C=O) groups excluding carboxylic acids is 2. The van der Waals surface area contributed by atoms with Crippen LogP contribution in [0, 0.1) is 13.8 Å². The summed E-state index contributed by atoms with van der Waals surface area (Å²) >= 11 is 1.57. The largest absolute Gasteiger partial charge is 0.322 e. The lowest BCUT2D eigenvalue weighted by atomic mass is 10.1. The van der Waals surface area contributed by atoms with Gasteiger partial charge < -0.3 is 10.2 Å². The molecule has 4 aromatic rings. The van der Waals surface area contributed by atoms with Gasteiger partial charge in [0.2, 0.25) is 5.91 Å². The molecule has 1 atom stereocenters. The van der Waals surface area contributed by atoms with E-state index in [2.05, 4.69) is 10.0 Å². The number of benzene rings is 4. The van der Waals surface area contributed by atoms with Gasteiger partial charge in [0.05, 0.1) is 16.3 Å². The number of nitrogens with zero attached hydrogens (tertiary/aromatic N) is 1. The molecule has 0 radical (unpaired) electrons. The monoisotopic (exact) mass is 571 g/mol. The molecule has 2 amide bonds. The van der Waals surface area contributed by atoms with Crippen molar-refractivity contribution in [2.75, 3.05) is 15.8 Å². The van der Waals surface area contributed by atoms with E-state index in [1.165, 1.54) is 12.1 Å². The average molecular weight is 572 g/mol. The van der Waals surface area contributed by atoms with Crippen LogP contribution in [0.15, 0.2) is 102 Å². The van der Waals surface area contributed by atoms with Crippen molar-refractivity contribution in [1.82, 2.24) is 4.90 Å². The number of aryl methyl sites for hydroxylation is 2. The lowest BCUT2D eigenvalue weighted by Crippen LogP contribution is -2.27. The number of hydrogen-bond donors (Lipinski definition) is 2. The maximum Gasteiger partial charge on any atom is 0.261 e. The Morgan fingerprint density at radius 2 is 1.62 bits per heavy atom. The molecule has 4 aromatic carbocycles. The summed E-state index contributed by atoms with van der Waals surface area (Å²) in [6.07, 6.45) is 0. The molecule has 0 aliphatic carbocycles. The van der Waals surface area contributed by atoms with Crippen LogP contribution in [0.25, 0.3) is 0 Å². The number of sulfonamides is 1. The number of rotatable bonds is 8. The molecule has 5 rings (SSSR count). The Morgan fingerprint density at radius 1 is 0.925 bits per heavy atom. The number of hydrogen-bond acceptors (Lipinski definition) is 5. The van der Waals surface area contributed by atoms with Gasteiger partial charge in [-0.1, -0.05) is 60.2 Å². The third-order valence-corrected chi connectivity index (χ3v) is 9.31. The number of amides is 2. The summed E-state index contributed by atoms with van der Waals surface area (Å²) in [5, 5.41) is 2.70. The summed E-state index contributed by atoms with van der Waals surface area (Å²) in [5.74, 6) is 0.202. The molecule has 0 spiro atoms. The van der Waals surface area contributed by atoms with Gasteiger partial charge in [-0.25, -0.2) is 8.42 Å². The van der Waals surface area contributed by atoms with Crippen LogP contribution in [0.3, 0.4) is 0 Å². The van der Waals surface area contributed by atoms with E-state index in [4.69, 9.17) is 0 Å². The van der Waals surface area contributed by atoms with Gasteiger partial charge in [0.15, 0.2) is 0 Å². The highest BCUT2D eigenvalue weighted by atomic mass is 32.2. The van der Waals surface area contributed by atoms with Crippen LogP contribution >= 0.6 is 11.8 Å². The topological polar surface area (TPSA) is 95.6 Å². The van der Waals surface area contributed by atoms with Crippen LogP contribution in [0.4, 0.5) is 11.4 Å². The van der Waals surface area contributed by atoms with E-state index in [9.17, 15) is 18.0 Å². The Kier molecular flexibility index (Phi) is 7.95. The number of anilines is 2. The van der Waals surface area contributed by atoms with Crippen LogP contribution in [-0.2, 0) is 21.4 Å². The average Bonchev–Trinajstić information content (AvgIpc) is 3.31. The number of carbonyl (C=O) groups is 2. The van der Waals surface area contributed by atoms with Gasteiger partial charge in [-0.3, -0.25) is 14.3 Å². The van der Waals surface area contributed by atoms with Crippen molar-refractivity contribution in [2.45, 2.75) is 30.7 Å². The smallest absolute Gasteiger partial charge is 0.261 e. The zero-order chi connectivity index (χ0) is 28.3. The highest BCUT2D eigenvalue weighted by Gasteiger charge is 2.32. The molecule has 0 saturated carbocycles. The molecule has 40 heavy (non-hydrogen) atoms. The molecule has 0 aromatic heterocycles. The molecular formula is C31H29N3O4S2. The maximum absolute atomic E-state index is 12.9. The highest BCUT2D eigenvalue weighted by Crippen LogP contribution is 2.39. The molecule has 0 bridgehead atoms. The van der Waals surface area contributed by atoms with E-state index in [1.54, 1.807) is 42.1 Å². The molecule has 1 fully saturated rings. The van der Waals surface area contributed by atoms with Crippen LogP contribution in [-0.4, -0.2) is 30.9 Å². The van der Waals surface area contributed by atoms with Crippen LogP contribution < -0.4 is 10.0 Å². The van der Waals surface area contributed by atoms with Gasteiger partial charge in [-0.05, 0) is 73.0 Å². The normalized spacial score (nSPS) is 15.2. The molecular weight excluding hydrogens is 542 g/mol. The Balaban J connectivity index is 1.23. The molecule has 1 unspecified atom stereocenters. The van der Waals surface area contributed by atoms with Crippen molar-refractivity contribution in [2.24, 2.45) is 0 Å². The summed E-state index contributed by atoms with van der Waals surface area (Å²) in [4.78, 5) is 27.4. The standard InChI is InChI=1S/C31H29N3O4S2/c1-21-8-17-28(22(2)18-21)33-40(37,38)27-15-13-26(14-16-27)32-30(36)24-9-11-25(12-10-24)31-34(29(35)20-39-31)19-23-6-4-3-5-7-23/h3-18,31,33H,19-20H2,1-2H3,(H,32,36). The summed E-state index contributed by atoms with van der Waals surface area (Å²) in [6, 6.07) is 28.6. The van der Waals surface area contributed by atoms with Gasteiger partial charge in [0, 0.05) is 17.8 Å². The van der Waals surface area contributed by atoms with Crippen molar-refractivity contribution < 1.29 is 18.0 Å². The predicted molar refractivity (Wildman–Crippen MR) is 160 cm³/mol. The molecule has 1 aliphatic heterocycles. The zero-order valence-electron chi connectivity index (χ0n) is 22.1. The third-order valence-electron chi connectivity index (χ3n) is 6.67. The Labute approximate surface area is 238 Å². The SMILES string of the molecule is Cc1ccc(NS(=O)(=O)c2ccc(NC(=O)c3ccc(C4SCC(=O)N4Cc4ccccc4)cc3)cc2)c(C)c1. The molecule has 1 aliphatic rings. The van der Waals surface area contributed by atoms with Crippen LogP contribution in [0.5, 0.6) is 0 Å². The maximum atomic E-state index is 12.9. The minimum atomic E-state index is -3.78. The Bertz CT molecular complexity index is 1640. The number of thioether (sulfide) groups is 1. The summed E-state index contributed by atoms with van der Waals surface area (Å²) < 4.78 is 28.3. The van der Waals surface area contributed by atoms with Gasteiger partial charge in [-0.15, -0.1) is 11.8 Å². The second-order valence-corrected chi connectivity index (χ2v) is 12.4. The molecule has 204 valence electrons. The fraction of sp³-hybridized carbons (Fsp3) is 0.161. The first-order chi connectivity index (χ1) is 19.2. The summed E-state index contributed by atoms with van der Waals surface area (Å²) in [7, 11) is -3.78. The van der Waals surface area contributed by atoms with E-state index in [-0.39, 0.29) is 22.1 Å². The molecule has 1 saturated heterocycles. The lowest BCUT2D eigenvalue weighted by Gasteiger charge is -2.24. The summed E-state index contributed by atoms with van der Waals surface area (Å²) in [5.41, 5.74) is 5.36. The van der Waals surface area contributed by atoms with Gasteiger partial charge >= 0.3 is 0 Å². The second kappa shape index (κ2) is 11.6. The Hall–Kier alpha value is -4.08. The van der Waals surface area contributed by atoms with Gasteiger partial charge in [0.25, 0.3) is 15.9 Å². The van der Waals surface area contributed by atoms with Crippen molar-refractivity contribution in [1.29, 1.82) is 0 Å². The quantitative estimate of drug-likeness (QED) is 0.265. The van der Waals surface area contributed by atoms with E-state index < -0.39 is 10.0 Å². The molecule has 9 heteroatoms. The number of nitrogens with one attached hydrogen (secondary N) is 2. The van der Waals surface area contributed by atoms with Gasteiger partial charge in [0.1, 0.15) is 5.37 Å². The fourth-order valence-corrected chi connectivity index (χ4v) is 6.85. The van der Waals surface area contributed by atoms with Crippen LogP contribution in [0.1, 0.15) is 38.0 Å². The minimum Gasteiger partial charge on any atom is -0.322 e. The van der Waals surface area contributed by atoms with Crippen molar-refractivity contribution in [3.63, 3.8) is 0 Å². The van der Waals surface area contributed by atoms with E-state index in [1.807, 2.05) is 73.3 Å². The minimum absolute atomic E-state index is 0.0929. The van der Waals surface area contributed by atoms with Crippen molar-refractivity contribution in [3.8, 4) is 0 Å². The molecule has 1 heterocycles. The first kappa shape index (κ1) is 27.5. The molecule has 7 nitrogen and oxygen atoms in total. The Morgan fingerprint density at radius 3 is 2.30 bits per heavy atom. The first-order valence-corrected chi connectivity index (χ1v) is 15.3. The first-order valence-electron chi connectivity index (χ1n) is 12.8. The van der Waals surface area contributed by atoms with Crippen molar-refractivity contribution in [3.05, 3.63) is 125 Å². The van der Waals surface area contributed by atoms with Gasteiger partial charge in [-0.2, -0.15) is 0 Å².